The summed E-state index contributed by atoms with van der Waals surface area (Å²) in [5.74, 6) is 6.35. The van der Waals surface area contributed by atoms with Crippen LogP contribution < -0.4 is 11.3 Å². The molecule has 1 atom stereocenters. The molecule has 102 valence electrons. The maximum atomic E-state index is 6.02. The van der Waals surface area contributed by atoms with Gasteiger partial charge in [0.05, 0.1) is 10.0 Å². The molecule has 3 N–H and O–H groups in total. The van der Waals surface area contributed by atoms with Gasteiger partial charge >= 0.3 is 0 Å². The number of hydrogen-bond acceptors (Lipinski definition) is 2. The molecule has 0 aliphatic carbocycles. The van der Waals surface area contributed by atoms with Crippen LogP contribution in [0.5, 0.6) is 0 Å². The van der Waals surface area contributed by atoms with E-state index in [1.807, 2.05) is 18.2 Å². The summed E-state index contributed by atoms with van der Waals surface area (Å²) in [5.41, 5.74) is 4.07. The number of rotatable bonds is 7. The zero-order chi connectivity index (χ0) is 13.5. The molecule has 1 rings (SSSR count). The van der Waals surface area contributed by atoms with Gasteiger partial charge in [-0.15, -0.1) is 0 Å². The summed E-state index contributed by atoms with van der Waals surface area (Å²) in [4.78, 5) is 0. The maximum absolute atomic E-state index is 6.02. The topological polar surface area (TPSA) is 38.0 Å². The lowest BCUT2D eigenvalue weighted by Gasteiger charge is -2.21. The van der Waals surface area contributed by atoms with E-state index in [2.05, 4.69) is 19.3 Å². The van der Waals surface area contributed by atoms with E-state index in [-0.39, 0.29) is 6.04 Å². The van der Waals surface area contributed by atoms with Crippen LogP contribution in [0.4, 0.5) is 0 Å². The van der Waals surface area contributed by atoms with Crippen molar-refractivity contribution in [3.8, 4) is 0 Å². The van der Waals surface area contributed by atoms with E-state index in [0.29, 0.717) is 16.0 Å². The van der Waals surface area contributed by atoms with Crippen LogP contribution in [0.3, 0.4) is 0 Å². The maximum Gasteiger partial charge on any atom is 0.0595 e. The third-order valence-corrected chi connectivity index (χ3v) is 4.21. The highest BCUT2D eigenvalue weighted by atomic mass is 35.5. The Balaban J connectivity index is 2.64. The molecular formula is C14H22Cl2N2. The third-order valence-electron chi connectivity index (χ3n) is 3.47. The van der Waals surface area contributed by atoms with Crippen molar-refractivity contribution < 1.29 is 0 Å². The quantitative estimate of drug-likeness (QED) is 0.583. The zero-order valence-electron chi connectivity index (χ0n) is 11.0. The van der Waals surface area contributed by atoms with Crippen molar-refractivity contribution in [2.24, 2.45) is 11.8 Å². The van der Waals surface area contributed by atoms with Gasteiger partial charge < -0.3 is 0 Å². The van der Waals surface area contributed by atoms with E-state index in [4.69, 9.17) is 29.0 Å². The summed E-state index contributed by atoms with van der Waals surface area (Å²) >= 11 is 11.9. The Kier molecular flexibility index (Phi) is 7.02. The average Bonchev–Trinajstić information content (AvgIpc) is 2.38. The second-order valence-electron chi connectivity index (χ2n) is 4.73. The van der Waals surface area contributed by atoms with E-state index in [1.165, 1.54) is 18.4 Å². The number of hydrogen-bond donors (Lipinski definition) is 2. The first-order chi connectivity index (χ1) is 8.60. The van der Waals surface area contributed by atoms with Gasteiger partial charge in [-0.05, 0) is 36.5 Å². The summed E-state index contributed by atoms with van der Waals surface area (Å²) in [5, 5.41) is 1.20. The minimum Gasteiger partial charge on any atom is -0.271 e. The molecule has 1 aromatic carbocycles. The second-order valence-corrected chi connectivity index (χ2v) is 5.55. The van der Waals surface area contributed by atoms with Crippen LogP contribution in [-0.2, 0) is 6.42 Å². The average molecular weight is 289 g/mol. The van der Waals surface area contributed by atoms with Crippen LogP contribution in [0, 0.1) is 5.92 Å². The Labute approximate surface area is 120 Å². The predicted molar refractivity (Wildman–Crippen MR) is 80.0 cm³/mol. The first-order valence-corrected chi connectivity index (χ1v) is 7.26. The van der Waals surface area contributed by atoms with E-state index in [9.17, 15) is 0 Å². The highest BCUT2D eigenvalue weighted by Crippen LogP contribution is 2.24. The molecule has 0 bridgehead atoms. The Bertz CT molecular complexity index is 365. The van der Waals surface area contributed by atoms with Crippen molar-refractivity contribution in [2.75, 3.05) is 0 Å². The first-order valence-electron chi connectivity index (χ1n) is 6.50. The number of halogens is 2. The van der Waals surface area contributed by atoms with Crippen LogP contribution >= 0.6 is 23.2 Å². The van der Waals surface area contributed by atoms with Gasteiger partial charge in [-0.3, -0.25) is 11.3 Å². The first kappa shape index (κ1) is 15.8. The molecule has 1 aromatic rings. The predicted octanol–water partition coefficient (Wildman–Crippen LogP) is 4.19. The molecule has 0 amide bonds. The molecule has 0 fully saturated rings. The largest absolute Gasteiger partial charge is 0.271 e. The number of nitrogens with one attached hydrogen (secondary N) is 1. The summed E-state index contributed by atoms with van der Waals surface area (Å²) in [6, 6.07) is 6.04. The summed E-state index contributed by atoms with van der Waals surface area (Å²) in [7, 11) is 0. The van der Waals surface area contributed by atoms with E-state index < -0.39 is 0 Å². The van der Waals surface area contributed by atoms with Gasteiger partial charge in [0.15, 0.2) is 0 Å². The molecule has 0 spiro atoms. The van der Waals surface area contributed by atoms with Gasteiger partial charge in [0.2, 0.25) is 0 Å². The number of hydrazine groups is 1. The molecule has 18 heavy (non-hydrogen) atoms. The summed E-state index contributed by atoms with van der Waals surface area (Å²) in [6.07, 6.45) is 4.35. The molecule has 1 unspecified atom stereocenters. The molecular weight excluding hydrogens is 267 g/mol. The number of benzene rings is 1. The van der Waals surface area contributed by atoms with Gasteiger partial charge in [-0.2, -0.15) is 0 Å². The molecule has 0 saturated heterocycles. The van der Waals surface area contributed by atoms with Gasteiger partial charge in [-0.1, -0.05) is 56.0 Å². The molecule has 0 saturated carbocycles. The Hall–Kier alpha value is -0.280. The molecule has 0 radical (unpaired) electrons. The molecule has 0 aliphatic heterocycles. The van der Waals surface area contributed by atoms with E-state index >= 15 is 0 Å². The second kappa shape index (κ2) is 8.00. The van der Waals surface area contributed by atoms with E-state index in [1.54, 1.807) is 0 Å². The highest BCUT2D eigenvalue weighted by Gasteiger charge is 2.14. The smallest absolute Gasteiger partial charge is 0.0595 e. The minimum atomic E-state index is 0.284. The lowest BCUT2D eigenvalue weighted by atomic mass is 9.92. The van der Waals surface area contributed by atoms with Gasteiger partial charge in [0.1, 0.15) is 0 Å². The SMILES string of the molecule is CCC(CC)CC(Cc1ccc(Cl)c(Cl)c1)NN. The zero-order valence-corrected chi connectivity index (χ0v) is 12.6. The van der Waals surface area contributed by atoms with Crippen LogP contribution in [0.25, 0.3) is 0 Å². The minimum absolute atomic E-state index is 0.284. The van der Waals surface area contributed by atoms with Crippen molar-refractivity contribution in [3.05, 3.63) is 33.8 Å². The Morgan fingerprint density at radius 1 is 1.17 bits per heavy atom. The number of nitrogens with two attached hydrogens (primary N) is 1. The van der Waals surface area contributed by atoms with Crippen LogP contribution in [0.1, 0.15) is 38.7 Å². The van der Waals surface area contributed by atoms with Gasteiger partial charge in [-0.25, -0.2) is 0 Å². The fourth-order valence-corrected chi connectivity index (χ4v) is 2.51. The molecule has 0 heterocycles. The van der Waals surface area contributed by atoms with Crippen molar-refractivity contribution in [1.29, 1.82) is 0 Å². The Morgan fingerprint density at radius 3 is 2.33 bits per heavy atom. The highest BCUT2D eigenvalue weighted by molar-refractivity contribution is 6.42. The van der Waals surface area contributed by atoms with Gasteiger partial charge in [0, 0.05) is 6.04 Å². The fraction of sp³-hybridized carbons (Fsp3) is 0.571. The van der Waals surface area contributed by atoms with Crippen LogP contribution in [-0.4, -0.2) is 6.04 Å². The van der Waals surface area contributed by atoms with Gasteiger partial charge in [0.25, 0.3) is 0 Å². The van der Waals surface area contributed by atoms with Crippen molar-refractivity contribution in [1.82, 2.24) is 5.43 Å². The monoisotopic (exact) mass is 288 g/mol. The molecule has 2 nitrogen and oxygen atoms in total. The molecule has 0 aromatic heterocycles. The third kappa shape index (κ3) is 4.77. The van der Waals surface area contributed by atoms with Crippen molar-refractivity contribution in [3.63, 3.8) is 0 Å². The summed E-state index contributed by atoms with van der Waals surface area (Å²) in [6.45, 7) is 4.45. The fourth-order valence-electron chi connectivity index (χ4n) is 2.19. The lowest BCUT2D eigenvalue weighted by molar-refractivity contribution is 0.366. The standard InChI is InChI=1S/C14H22Cl2N2/c1-3-10(4-2)7-12(18-17)8-11-5-6-13(15)14(16)9-11/h5-6,9-10,12,18H,3-4,7-8,17H2,1-2H3. The molecule has 4 heteroatoms. The van der Waals surface area contributed by atoms with Crippen LogP contribution in [0.2, 0.25) is 10.0 Å². The normalized spacial score (nSPS) is 13.0. The summed E-state index contributed by atoms with van der Waals surface area (Å²) < 4.78 is 0. The Morgan fingerprint density at radius 2 is 1.83 bits per heavy atom. The van der Waals surface area contributed by atoms with Crippen molar-refractivity contribution in [2.45, 2.75) is 45.6 Å². The lowest BCUT2D eigenvalue weighted by Crippen LogP contribution is -2.38. The van der Waals surface area contributed by atoms with Crippen LogP contribution in [0.15, 0.2) is 18.2 Å². The molecule has 0 aliphatic rings. The van der Waals surface area contributed by atoms with E-state index in [0.717, 1.165) is 12.8 Å². The van der Waals surface area contributed by atoms with Crippen molar-refractivity contribution >= 4 is 23.2 Å².